The van der Waals surface area contributed by atoms with Gasteiger partial charge in [0.15, 0.2) is 0 Å². The quantitative estimate of drug-likeness (QED) is 0.474. The molecule has 1 rings (SSSR count). The molecule has 1 atom stereocenters. The molecule has 0 saturated heterocycles. The molecule has 0 amide bonds. The predicted molar refractivity (Wildman–Crippen MR) is 74.2 cm³/mol. The van der Waals surface area contributed by atoms with Gasteiger partial charge in [0.05, 0.1) is 29.2 Å². The first-order chi connectivity index (χ1) is 9.44. The Morgan fingerprint density at radius 3 is 2.70 bits per heavy atom. The standard InChI is InChI=1S/C12H15ClN2O5/c1-3-7(6-16)14-10-5-9(13)8(12(17)20-2)4-11(10)15(18)19/h4-5,7,14,16H,3,6H2,1-2H3/t7-/m1/s1. The van der Waals surface area contributed by atoms with Crippen LogP contribution in [-0.2, 0) is 4.74 Å². The number of benzene rings is 1. The molecule has 1 aromatic carbocycles. The van der Waals surface area contributed by atoms with Gasteiger partial charge in [0.25, 0.3) is 5.69 Å². The summed E-state index contributed by atoms with van der Waals surface area (Å²) in [5.41, 5.74) is -0.237. The molecule has 0 aliphatic heterocycles. The minimum absolute atomic E-state index is 0.0396. The van der Waals surface area contributed by atoms with Crippen LogP contribution in [0.4, 0.5) is 11.4 Å². The smallest absolute Gasteiger partial charge is 0.339 e. The van der Waals surface area contributed by atoms with Crippen molar-refractivity contribution in [3.05, 3.63) is 32.8 Å². The van der Waals surface area contributed by atoms with Crippen LogP contribution in [0.15, 0.2) is 12.1 Å². The average Bonchev–Trinajstić information content (AvgIpc) is 2.43. The van der Waals surface area contributed by atoms with E-state index in [-0.39, 0.29) is 34.6 Å². The van der Waals surface area contributed by atoms with Crippen molar-refractivity contribution < 1.29 is 19.6 Å². The summed E-state index contributed by atoms with van der Waals surface area (Å²) in [4.78, 5) is 21.9. The van der Waals surface area contributed by atoms with E-state index in [1.54, 1.807) is 0 Å². The SMILES string of the molecule is CC[C@H](CO)Nc1cc(Cl)c(C(=O)OC)cc1[N+](=O)[O-]. The lowest BCUT2D eigenvalue weighted by atomic mass is 10.1. The third-order valence-electron chi connectivity index (χ3n) is 2.76. The first kappa shape index (κ1) is 16.2. The molecule has 8 heteroatoms. The molecule has 110 valence electrons. The highest BCUT2D eigenvalue weighted by atomic mass is 35.5. The monoisotopic (exact) mass is 302 g/mol. The fourth-order valence-corrected chi connectivity index (χ4v) is 1.83. The number of carbonyl (C=O) groups excluding carboxylic acids is 1. The Hall–Kier alpha value is -1.86. The zero-order valence-corrected chi connectivity index (χ0v) is 11.8. The van der Waals surface area contributed by atoms with E-state index in [9.17, 15) is 14.9 Å². The Balaban J connectivity index is 3.27. The highest BCUT2D eigenvalue weighted by Gasteiger charge is 2.22. The molecule has 1 aromatic rings. The number of nitrogens with zero attached hydrogens (tertiary/aromatic N) is 1. The highest BCUT2D eigenvalue weighted by molar-refractivity contribution is 6.34. The molecule has 20 heavy (non-hydrogen) atoms. The van der Waals surface area contributed by atoms with Crippen molar-refractivity contribution in [3.8, 4) is 0 Å². The fourth-order valence-electron chi connectivity index (χ4n) is 1.59. The number of rotatable bonds is 6. The molecule has 0 spiro atoms. The zero-order chi connectivity index (χ0) is 15.3. The summed E-state index contributed by atoms with van der Waals surface area (Å²) in [6.45, 7) is 1.65. The van der Waals surface area contributed by atoms with E-state index in [2.05, 4.69) is 10.1 Å². The number of aliphatic hydroxyl groups excluding tert-OH is 1. The van der Waals surface area contributed by atoms with Crippen molar-refractivity contribution in [3.63, 3.8) is 0 Å². The number of ether oxygens (including phenoxy) is 1. The highest BCUT2D eigenvalue weighted by Crippen LogP contribution is 2.32. The van der Waals surface area contributed by atoms with Gasteiger partial charge in [-0.25, -0.2) is 4.79 Å². The lowest BCUT2D eigenvalue weighted by Gasteiger charge is -2.16. The maximum absolute atomic E-state index is 11.5. The number of methoxy groups -OCH3 is 1. The molecule has 2 N–H and O–H groups in total. The summed E-state index contributed by atoms with van der Waals surface area (Å²) in [5.74, 6) is -0.751. The van der Waals surface area contributed by atoms with Crippen molar-refractivity contribution in [2.45, 2.75) is 19.4 Å². The molecule has 0 aromatic heterocycles. The average molecular weight is 303 g/mol. The van der Waals surface area contributed by atoms with Gasteiger partial charge >= 0.3 is 5.97 Å². The van der Waals surface area contributed by atoms with E-state index < -0.39 is 10.9 Å². The van der Waals surface area contributed by atoms with Crippen molar-refractivity contribution in [2.75, 3.05) is 19.0 Å². The van der Waals surface area contributed by atoms with Crippen molar-refractivity contribution in [1.29, 1.82) is 0 Å². The third kappa shape index (κ3) is 3.58. The maximum atomic E-state index is 11.5. The van der Waals surface area contributed by atoms with Gasteiger partial charge in [0.2, 0.25) is 0 Å². The number of halogens is 1. The predicted octanol–water partition coefficient (Wildman–Crippen LogP) is 2.22. The molecule has 0 radical (unpaired) electrons. The number of nitro benzene ring substituents is 1. The molecular weight excluding hydrogens is 288 g/mol. The van der Waals surface area contributed by atoms with Crippen LogP contribution in [0, 0.1) is 10.1 Å². The topological polar surface area (TPSA) is 102 Å². The minimum Gasteiger partial charge on any atom is -0.465 e. The third-order valence-corrected chi connectivity index (χ3v) is 3.07. The van der Waals surface area contributed by atoms with Crippen LogP contribution in [0.5, 0.6) is 0 Å². The van der Waals surface area contributed by atoms with Crippen LogP contribution < -0.4 is 5.32 Å². The Morgan fingerprint density at radius 1 is 1.60 bits per heavy atom. The second kappa shape index (κ2) is 7.06. The van der Waals surface area contributed by atoms with Gasteiger partial charge in [0, 0.05) is 12.1 Å². The summed E-state index contributed by atoms with van der Waals surface area (Å²) in [7, 11) is 1.16. The lowest BCUT2D eigenvalue weighted by Crippen LogP contribution is -2.23. The van der Waals surface area contributed by atoms with Gasteiger partial charge in [0.1, 0.15) is 5.69 Å². The van der Waals surface area contributed by atoms with Crippen molar-refractivity contribution in [2.24, 2.45) is 0 Å². The van der Waals surface area contributed by atoms with E-state index in [1.807, 2.05) is 6.92 Å². The molecule has 0 bridgehead atoms. The summed E-state index contributed by atoms with van der Waals surface area (Å²) in [5, 5.41) is 23.1. The normalized spacial score (nSPS) is 11.8. The van der Waals surface area contributed by atoms with E-state index in [1.165, 1.54) is 6.07 Å². The molecule has 0 aliphatic rings. The Labute approximate surface area is 120 Å². The maximum Gasteiger partial charge on any atom is 0.339 e. The van der Waals surface area contributed by atoms with Crippen molar-refractivity contribution >= 4 is 28.9 Å². The minimum atomic E-state index is -0.751. The van der Waals surface area contributed by atoms with Crippen LogP contribution in [0.2, 0.25) is 5.02 Å². The van der Waals surface area contributed by atoms with Crippen LogP contribution in [-0.4, -0.2) is 35.8 Å². The Bertz CT molecular complexity index is 517. The largest absolute Gasteiger partial charge is 0.465 e. The second-order valence-electron chi connectivity index (χ2n) is 4.03. The van der Waals surface area contributed by atoms with Crippen LogP contribution in [0.1, 0.15) is 23.7 Å². The summed E-state index contributed by atoms with van der Waals surface area (Å²) < 4.78 is 4.51. The van der Waals surface area contributed by atoms with Crippen molar-refractivity contribution in [1.82, 2.24) is 0 Å². The molecule has 0 heterocycles. The number of aliphatic hydroxyl groups is 1. The van der Waals surface area contributed by atoms with Gasteiger partial charge in [-0.15, -0.1) is 0 Å². The molecule has 0 unspecified atom stereocenters. The van der Waals surface area contributed by atoms with Gasteiger partial charge < -0.3 is 15.2 Å². The molecule has 0 aliphatic carbocycles. The number of nitro groups is 1. The fraction of sp³-hybridized carbons (Fsp3) is 0.417. The van der Waals surface area contributed by atoms with Crippen LogP contribution in [0.3, 0.4) is 0 Å². The number of nitrogens with one attached hydrogen (secondary N) is 1. The Morgan fingerprint density at radius 2 is 2.25 bits per heavy atom. The summed E-state index contributed by atoms with van der Waals surface area (Å²) in [6, 6.07) is 2.00. The number of hydrogen-bond acceptors (Lipinski definition) is 6. The van der Waals surface area contributed by atoms with E-state index in [0.717, 1.165) is 13.2 Å². The molecule has 0 saturated carbocycles. The zero-order valence-electron chi connectivity index (χ0n) is 11.1. The van der Waals surface area contributed by atoms with Gasteiger partial charge in [-0.1, -0.05) is 18.5 Å². The van der Waals surface area contributed by atoms with Gasteiger partial charge in [-0.3, -0.25) is 10.1 Å². The Kier molecular flexibility index (Phi) is 5.72. The van der Waals surface area contributed by atoms with Gasteiger partial charge in [-0.05, 0) is 12.5 Å². The number of carbonyl (C=O) groups is 1. The molecular formula is C12H15ClN2O5. The van der Waals surface area contributed by atoms with E-state index >= 15 is 0 Å². The lowest BCUT2D eigenvalue weighted by molar-refractivity contribution is -0.384. The number of hydrogen-bond donors (Lipinski definition) is 2. The summed E-state index contributed by atoms with van der Waals surface area (Å²) in [6.07, 6.45) is 0.573. The van der Waals surface area contributed by atoms with Gasteiger partial charge in [-0.2, -0.15) is 0 Å². The molecule has 7 nitrogen and oxygen atoms in total. The van der Waals surface area contributed by atoms with E-state index in [0.29, 0.717) is 6.42 Å². The first-order valence-electron chi connectivity index (χ1n) is 5.88. The van der Waals surface area contributed by atoms with E-state index in [4.69, 9.17) is 16.7 Å². The van der Waals surface area contributed by atoms with Crippen LogP contribution in [0.25, 0.3) is 0 Å². The number of esters is 1. The molecule has 0 fully saturated rings. The summed E-state index contributed by atoms with van der Waals surface area (Å²) >= 11 is 5.92. The van der Waals surface area contributed by atoms with Crippen LogP contribution >= 0.6 is 11.6 Å². The first-order valence-corrected chi connectivity index (χ1v) is 6.26. The number of anilines is 1. The second-order valence-corrected chi connectivity index (χ2v) is 4.44.